The second-order valence-corrected chi connectivity index (χ2v) is 6.05. The zero-order valence-electron chi connectivity index (χ0n) is 13.4. The molecule has 0 spiro atoms. The molecule has 4 rings (SSSR count). The number of amides is 1. The summed E-state index contributed by atoms with van der Waals surface area (Å²) in [6.45, 7) is 4.08. The first kappa shape index (κ1) is 14.9. The zero-order valence-corrected chi connectivity index (χ0v) is 13.4. The first-order valence-electron chi connectivity index (χ1n) is 8.29. The van der Waals surface area contributed by atoms with Crippen LogP contribution in [-0.2, 0) is 6.54 Å². The van der Waals surface area contributed by atoms with Crippen LogP contribution < -0.4 is 5.32 Å². The molecular formula is C17H20N6O. The maximum atomic E-state index is 12.3. The average Bonchev–Trinajstić information content (AvgIpc) is 3.34. The molecule has 1 aromatic carbocycles. The van der Waals surface area contributed by atoms with Gasteiger partial charge in [0.1, 0.15) is 5.69 Å². The number of imidazole rings is 1. The first-order chi connectivity index (χ1) is 11.8. The van der Waals surface area contributed by atoms with Gasteiger partial charge in [0, 0.05) is 19.3 Å². The number of para-hydroxylation sites is 2. The van der Waals surface area contributed by atoms with E-state index in [9.17, 15) is 4.79 Å². The highest BCUT2D eigenvalue weighted by atomic mass is 16.2. The van der Waals surface area contributed by atoms with Crippen LogP contribution in [0.5, 0.6) is 0 Å². The molecule has 124 valence electrons. The van der Waals surface area contributed by atoms with Crippen LogP contribution in [0, 0.1) is 0 Å². The third kappa shape index (κ3) is 2.90. The van der Waals surface area contributed by atoms with E-state index in [-0.39, 0.29) is 5.91 Å². The van der Waals surface area contributed by atoms with Crippen LogP contribution in [0.15, 0.2) is 36.5 Å². The number of carbonyl (C=O) groups is 1. The van der Waals surface area contributed by atoms with Crippen LogP contribution in [0.1, 0.15) is 23.3 Å². The summed E-state index contributed by atoms with van der Waals surface area (Å²) in [5, 5.41) is 9.40. The molecule has 1 aliphatic rings. The van der Waals surface area contributed by atoms with Crippen LogP contribution >= 0.6 is 0 Å². The van der Waals surface area contributed by atoms with Crippen molar-refractivity contribution in [1.29, 1.82) is 0 Å². The van der Waals surface area contributed by atoms with Gasteiger partial charge in [0.05, 0.1) is 11.0 Å². The third-order valence-electron chi connectivity index (χ3n) is 4.46. The minimum atomic E-state index is -0.231. The van der Waals surface area contributed by atoms with Gasteiger partial charge >= 0.3 is 0 Å². The molecule has 0 atom stereocenters. The van der Waals surface area contributed by atoms with Gasteiger partial charge in [0.25, 0.3) is 5.91 Å². The standard InChI is InChI=1S/C17H20N6O/c24-16(14-7-8-18-21-14)20-17-19-13-5-1-2-6-15(13)23(17)12-11-22-9-3-4-10-22/h1-2,5-8H,3-4,9-12H2,(H,18,21)(H,19,20,24). The highest BCUT2D eigenvalue weighted by molar-refractivity contribution is 6.02. The van der Waals surface area contributed by atoms with Gasteiger partial charge in [-0.05, 0) is 44.1 Å². The van der Waals surface area contributed by atoms with Crippen molar-refractivity contribution in [1.82, 2.24) is 24.6 Å². The van der Waals surface area contributed by atoms with Gasteiger partial charge in [-0.3, -0.25) is 15.2 Å². The van der Waals surface area contributed by atoms with Gasteiger partial charge in [-0.15, -0.1) is 0 Å². The fourth-order valence-corrected chi connectivity index (χ4v) is 3.20. The van der Waals surface area contributed by atoms with Crippen molar-refractivity contribution in [3.63, 3.8) is 0 Å². The summed E-state index contributed by atoms with van der Waals surface area (Å²) in [6, 6.07) is 9.61. The van der Waals surface area contributed by atoms with Crippen LogP contribution in [0.4, 0.5) is 5.95 Å². The number of hydrogen-bond donors (Lipinski definition) is 2. The number of benzene rings is 1. The van der Waals surface area contributed by atoms with Gasteiger partial charge in [-0.2, -0.15) is 5.10 Å². The van der Waals surface area contributed by atoms with Crippen molar-refractivity contribution in [2.24, 2.45) is 0 Å². The average molecular weight is 324 g/mol. The number of nitrogens with zero attached hydrogens (tertiary/aromatic N) is 4. The lowest BCUT2D eigenvalue weighted by Crippen LogP contribution is -2.25. The topological polar surface area (TPSA) is 78.8 Å². The highest BCUT2D eigenvalue weighted by Crippen LogP contribution is 2.20. The largest absolute Gasteiger partial charge is 0.309 e. The zero-order chi connectivity index (χ0) is 16.4. The Morgan fingerprint density at radius 3 is 2.79 bits per heavy atom. The number of anilines is 1. The second-order valence-electron chi connectivity index (χ2n) is 6.05. The van der Waals surface area contributed by atoms with E-state index >= 15 is 0 Å². The monoisotopic (exact) mass is 324 g/mol. The van der Waals surface area contributed by atoms with E-state index in [1.165, 1.54) is 12.8 Å². The van der Waals surface area contributed by atoms with Gasteiger partial charge in [-0.25, -0.2) is 4.98 Å². The Kier molecular flexibility index (Phi) is 4.00. The predicted octanol–water partition coefficient (Wildman–Crippen LogP) is 2.11. The number of hydrogen-bond acceptors (Lipinski definition) is 4. The molecule has 1 fully saturated rings. The number of fused-ring (bicyclic) bond motifs is 1. The van der Waals surface area contributed by atoms with Crippen LogP contribution in [0.25, 0.3) is 11.0 Å². The lowest BCUT2D eigenvalue weighted by atomic mass is 10.3. The summed E-state index contributed by atoms with van der Waals surface area (Å²) in [5.41, 5.74) is 2.35. The molecule has 7 heteroatoms. The molecular weight excluding hydrogens is 304 g/mol. The Morgan fingerprint density at radius 1 is 1.17 bits per heavy atom. The maximum absolute atomic E-state index is 12.3. The van der Waals surface area contributed by atoms with E-state index in [0.717, 1.165) is 37.2 Å². The second kappa shape index (κ2) is 6.45. The lowest BCUT2D eigenvalue weighted by Gasteiger charge is -2.16. The number of carbonyl (C=O) groups excluding carboxylic acids is 1. The summed E-state index contributed by atoms with van der Waals surface area (Å²) in [7, 11) is 0. The van der Waals surface area contributed by atoms with Crippen molar-refractivity contribution in [2.75, 3.05) is 25.0 Å². The Balaban J connectivity index is 1.60. The highest BCUT2D eigenvalue weighted by Gasteiger charge is 2.17. The summed E-state index contributed by atoms with van der Waals surface area (Å²) in [5.74, 6) is 0.347. The van der Waals surface area contributed by atoms with Crippen molar-refractivity contribution < 1.29 is 4.79 Å². The number of aromatic nitrogens is 4. The smallest absolute Gasteiger partial charge is 0.275 e. The molecule has 0 unspecified atom stereocenters. The summed E-state index contributed by atoms with van der Waals surface area (Å²) in [6.07, 6.45) is 4.10. The normalized spacial score (nSPS) is 15.2. The molecule has 0 saturated carbocycles. The Labute approximate surface area is 139 Å². The third-order valence-corrected chi connectivity index (χ3v) is 4.46. The van der Waals surface area contributed by atoms with Crippen molar-refractivity contribution in [2.45, 2.75) is 19.4 Å². The SMILES string of the molecule is O=C(Nc1nc2ccccc2n1CCN1CCCC1)c1ccn[nH]1. The van der Waals surface area contributed by atoms with Crippen molar-refractivity contribution >= 4 is 22.9 Å². The summed E-state index contributed by atoms with van der Waals surface area (Å²) in [4.78, 5) is 19.4. The van der Waals surface area contributed by atoms with Gasteiger partial charge in [-0.1, -0.05) is 12.1 Å². The van der Waals surface area contributed by atoms with Crippen LogP contribution in [0.2, 0.25) is 0 Å². The van der Waals surface area contributed by atoms with E-state index in [1.54, 1.807) is 12.3 Å². The number of rotatable bonds is 5. The number of nitrogens with one attached hydrogen (secondary N) is 2. The summed E-state index contributed by atoms with van der Waals surface area (Å²) < 4.78 is 2.09. The van der Waals surface area contributed by atoms with E-state index in [4.69, 9.17) is 0 Å². The quantitative estimate of drug-likeness (QED) is 0.753. The molecule has 3 aromatic rings. The number of aromatic amines is 1. The van der Waals surface area contributed by atoms with Crippen LogP contribution in [0.3, 0.4) is 0 Å². The molecule has 1 aliphatic heterocycles. The molecule has 7 nitrogen and oxygen atoms in total. The molecule has 0 radical (unpaired) electrons. The lowest BCUT2D eigenvalue weighted by molar-refractivity contribution is 0.102. The van der Waals surface area contributed by atoms with E-state index in [1.807, 2.05) is 24.3 Å². The minimum absolute atomic E-state index is 0.231. The Bertz CT molecular complexity index is 832. The molecule has 1 saturated heterocycles. The van der Waals surface area contributed by atoms with Gasteiger partial charge < -0.3 is 9.47 Å². The molecule has 2 aromatic heterocycles. The molecule has 0 bridgehead atoms. The molecule has 0 aliphatic carbocycles. The van der Waals surface area contributed by atoms with E-state index in [0.29, 0.717) is 11.6 Å². The fraction of sp³-hybridized carbons (Fsp3) is 0.353. The predicted molar refractivity (Wildman–Crippen MR) is 91.9 cm³/mol. The van der Waals surface area contributed by atoms with E-state index < -0.39 is 0 Å². The molecule has 2 N–H and O–H groups in total. The van der Waals surface area contributed by atoms with E-state index in [2.05, 4.69) is 30.0 Å². The fourth-order valence-electron chi connectivity index (χ4n) is 3.20. The summed E-state index contributed by atoms with van der Waals surface area (Å²) >= 11 is 0. The molecule has 1 amide bonds. The molecule has 24 heavy (non-hydrogen) atoms. The van der Waals surface area contributed by atoms with Gasteiger partial charge in [0.15, 0.2) is 0 Å². The Morgan fingerprint density at radius 2 is 2.00 bits per heavy atom. The number of likely N-dealkylation sites (tertiary alicyclic amines) is 1. The molecule has 3 heterocycles. The first-order valence-corrected chi connectivity index (χ1v) is 8.29. The van der Waals surface area contributed by atoms with Crippen molar-refractivity contribution in [3.05, 3.63) is 42.2 Å². The Hall–Kier alpha value is -2.67. The number of H-pyrrole nitrogens is 1. The van der Waals surface area contributed by atoms with Crippen LogP contribution in [-0.4, -0.2) is 50.2 Å². The maximum Gasteiger partial charge on any atom is 0.275 e. The minimum Gasteiger partial charge on any atom is -0.309 e. The van der Waals surface area contributed by atoms with Crippen molar-refractivity contribution in [3.8, 4) is 0 Å². The van der Waals surface area contributed by atoms with Gasteiger partial charge in [0.2, 0.25) is 5.95 Å².